The molecule has 0 fully saturated rings. The molecular formula is C18H22BrNO2. The summed E-state index contributed by atoms with van der Waals surface area (Å²) in [6.45, 7) is 8.05. The first kappa shape index (κ1) is 16.7. The monoisotopic (exact) mass is 363 g/mol. The Labute approximate surface area is 140 Å². The molecule has 2 rings (SSSR count). The molecule has 2 aromatic carbocycles. The van der Waals surface area contributed by atoms with Gasteiger partial charge in [-0.3, -0.25) is 0 Å². The van der Waals surface area contributed by atoms with Crippen LogP contribution in [0.2, 0.25) is 0 Å². The van der Waals surface area contributed by atoms with Crippen molar-refractivity contribution in [3.63, 3.8) is 0 Å². The topological polar surface area (TPSA) is 30.5 Å². The van der Waals surface area contributed by atoms with E-state index in [9.17, 15) is 0 Å². The van der Waals surface area contributed by atoms with Crippen molar-refractivity contribution in [1.29, 1.82) is 0 Å². The van der Waals surface area contributed by atoms with Crippen LogP contribution < -0.4 is 14.8 Å². The molecule has 0 saturated heterocycles. The van der Waals surface area contributed by atoms with Crippen LogP contribution in [0.3, 0.4) is 0 Å². The molecule has 0 radical (unpaired) electrons. The largest absolute Gasteiger partial charge is 0.490 e. The zero-order valence-electron chi connectivity index (χ0n) is 13.3. The summed E-state index contributed by atoms with van der Waals surface area (Å²) in [5.74, 6) is 1.60. The molecule has 0 saturated carbocycles. The minimum atomic E-state index is 0.628. The number of benzene rings is 2. The summed E-state index contributed by atoms with van der Waals surface area (Å²) in [4.78, 5) is 0. The molecule has 0 bridgehead atoms. The van der Waals surface area contributed by atoms with Crippen molar-refractivity contribution in [3.8, 4) is 11.5 Å². The third-order valence-corrected chi connectivity index (χ3v) is 3.77. The second-order valence-corrected chi connectivity index (χ2v) is 5.88. The van der Waals surface area contributed by atoms with Crippen LogP contribution >= 0.6 is 15.9 Å². The van der Waals surface area contributed by atoms with Crippen LogP contribution in [0.5, 0.6) is 11.5 Å². The van der Waals surface area contributed by atoms with E-state index >= 15 is 0 Å². The van der Waals surface area contributed by atoms with Gasteiger partial charge < -0.3 is 14.8 Å². The Bertz CT molecular complexity index is 628. The highest BCUT2D eigenvalue weighted by molar-refractivity contribution is 9.10. The van der Waals surface area contributed by atoms with E-state index in [1.54, 1.807) is 0 Å². The third kappa shape index (κ3) is 4.41. The molecule has 0 aliphatic heterocycles. The second-order valence-electron chi connectivity index (χ2n) is 4.96. The van der Waals surface area contributed by atoms with Crippen LogP contribution in [0.4, 0.5) is 5.69 Å². The van der Waals surface area contributed by atoms with Crippen LogP contribution in [0.25, 0.3) is 0 Å². The number of hydrogen-bond acceptors (Lipinski definition) is 3. The maximum absolute atomic E-state index is 5.66. The highest BCUT2D eigenvalue weighted by Crippen LogP contribution is 2.29. The lowest BCUT2D eigenvalue weighted by Gasteiger charge is -2.14. The third-order valence-electron chi connectivity index (χ3n) is 3.28. The highest BCUT2D eigenvalue weighted by atomic mass is 79.9. The van der Waals surface area contributed by atoms with Crippen molar-refractivity contribution in [2.45, 2.75) is 27.3 Å². The Morgan fingerprint density at radius 3 is 2.36 bits per heavy atom. The highest BCUT2D eigenvalue weighted by Gasteiger charge is 2.06. The van der Waals surface area contributed by atoms with Gasteiger partial charge in [-0.2, -0.15) is 0 Å². The minimum absolute atomic E-state index is 0.628. The zero-order chi connectivity index (χ0) is 15.9. The maximum Gasteiger partial charge on any atom is 0.161 e. The number of anilines is 1. The first-order valence-corrected chi connectivity index (χ1v) is 8.31. The van der Waals surface area contributed by atoms with Gasteiger partial charge in [0.1, 0.15) is 0 Å². The van der Waals surface area contributed by atoms with Crippen molar-refractivity contribution in [3.05, 3.63) is 52.0 Å². The Hall–Kier alpha value is -1.68. The zero-order valence-corrected chi connectivity index (χ0v) is 14.9. The van der Waals surface area contributed by atoms with Gasteiger partial charge in [0, 0.05) is 16.7 Å². The molecule has 118 valence electrons. The van der Waals surface area contributed by atoms with Gasteiger partial charge >= 0.3 is 0 Å². The summed E-state index contributed by atoms with van der Waals surface area (Å²) in [6, 6.07) is 12.3. The fourth-order valence-electron chi connectivity index (χ4n) is 2.23. The van der Waals surface area contributed by atoms with Crippen LogP contribution in [0.1, 0.15) is 25.0 Å². The number of nitrogens with one attached hydrogen (secondary N) is 1. The predicted octanol–water partition coefficient (Wildman–Crippen LogP) is 5.17. The van der Waals surface area contributed by atoms with Gasteiger partial charge in [-0.05, 0) is 62.2 Å². The van der Waals surface area contributed by atoms with E-state index in [1.807, 2.05) is 32.0 Å². The van der Waals surface area contributed by atoms with Crippen molar-refractivity contribution in [2.75, 3.05) is 18.5 Å². The Balaban J connectivity index is 2.10. The Kier molecular flexibility index (Phi) is 6.13. The van der Waals surface area contributed by atoms with Gasteiger partial charge in [0.25, 0.3) is 0 Å². The van der Waals surface area contributed by atoms with E-state index in [-0.39, 0.29) is 0 Å². The average Bonchev–Trinajstić information content (AvgIpc) is 2.49. The van der Waals surface area contributed by atoms with Crippen molar-refractivity contribution in [2.24, 2.45) is 0 Å². The minimum Gasteiger partial charge on any atom is -0.490 e. The summed E-state index contributed by atoms with van der Waals surface area (Å²) in [5, 5.41) is 3.46. The lowest BCUT2D eigenvalue weighted by atomic mass is 10.1. The Morgan fingerprint density at radius 2 is 1.68 bits per heavy atom. The van der Waals surface area contributed by atoms with E-state index in [1.165, 1.54) is 5.56 Å². The molecular weight excluding hydrogens is 342 g/mol. The molecule has 22 heavy (non-hydrogen) atoms. The number of aryl methyl sites for hydroxylation is 1. The van der Waals surface area contributed by atoms with E-state index in [2.05, 4.69) is 46.4 Å². The quantitative estimate of drug-likeness (QED) is 0.736. The second kappa shape index (κ2) is 8.08. The summed E-state index contributed by atoms with van der Waals surface area (Å²) < 4.78 is 12.3. The predicted molar refractivity (Wildman–Crippen MR) is 95.0 cm³/mol. The average molecular weight is 364 g/mol. The Morgan fingerprint density at radius 1 is 0.955 bits per heavy atom. The summed E-state index contributed by atoms with van der Waals surface area (Å²) in [6.07, 6.45) is 0. The number of ether oxygens (including phenoxy) is 2. The molecule has 3 nitrogen and oxygen atoms in total. The maximum atomic E-state index is 5.66. The van der Waals surface area contributed by atoms with E-state index in [4.69, 9.17) is 9.47 Å². The van der Waals surface area contributed by atoms with Gasteiger partial charge in [-0.1, -0.05) is 22.0 Å². The van der Waals surface area contributed by atoms with E-state index < -0.39 is 0 Å². The molecule has 0 aliphatic rings. The van der Waals surface area contributed by atoms with E-state index in [0.29, 0.717) is 13.2 Å². The van der Waals surface area contributed by atoms with Crippen LogP contribution in [0, 0.1) is 6.92 Å². The number of halogens is 1. The molecule has 0 aliphatic carbocycles. The molecule has 1 N–H and O–H groups in total. The molecule has 0 spiro atoms. The van der Waals surface area contributed by atoms with Gasteiger partial charge in [-0.25, -0.2) is 0 Å². The lowest BCUT2D eigenvalue weighted by molar-refractivity contribution is 0.287. The summed E-state index contributed by atoms with van der Waals surface area (Å²) in [7, 11) is 0. The molecule has 0 heterocycles. The summed E-state index contributed by atoms with van der Waals surface area (Å²) >= 11 is 3.48. The smallest absolute Gasteiger partial charge is 0.161 e. The SMILES string of the molecule is CCOc1ccc(CNc2ccc(Br)cc2C)cc1OCC. The van der Waals surface area contributed by atoms with Crippen molar-refractivity contribution >= 4 is 21.6 Å². The first-order valence-electron chi connectivity index (χ1n) is 7.52. The van der Waals surface area contributed by atoms with Gasteiger partial charge in [0.15, 0.2) is 11.5 Å². The van der Waals surface area contributed by atoms with Crippen LogP contribution in [0.15, 0.2) is 40.9 Å². The molecule has 0 atom stereocenters. The molecule has 4 heteroatoms. The standard InChI is InChI=1S/C18H22BrNO2/c1-4-21-17-9-6-14(11-18(17)22-5-2)12-20-16-8-7-15(19)10-13(16)3/h6-11,20H,4-5,12H2,1-3H3. The summed E-state index contributed by atoms with van der Waals surface area (Å²) in [5.41, 5.74) is 3.51. The molecule has 0 aromatic heterocycles. The molecule has 0 unspecified atom stereocenters. The first-order chi connectivity index (χ1) is 10.6. The molecule has 0 amide bonds. The number of hydrogen-bond donors (Lipinski definition) is 1. The normalized spacial score (nSPS) is 10.4. The van der Waals surface area contributed by atoms with Crippen LogP contribution in [-0.4, -0.2) is 13.2 Å². The fourth-order valence-corrected chi connectivity index (χ4v) is 2.70. The van der Waals surface area contributed by atoms with Gasteiger partial charge in [0.2, 0.25) is 0 Å². The number of rotatable bonds is 7. The van der Waals surface area contributed by atoms with Gasteiger partial charge in [-0.15, -0.1) is 0 Å². The van der Waals surface area contributed by atoms with Gasteiger partial charge in [0.05, 0.1) is 13.2 Å². The lowest BCUT2D eigenvalue weighted by Crippen LogP contribution is -2.03. The van der Waals surface area contributed by atoms with Crippen molar-refractivity contribution in [1.82, 2.24) is 0 Å². The van der Waals surface area contributed by atoms with Crippen LogP contribution in [-0.2, 0) is 6.54 Å². The van der Waals surface area contributed by atoms with E-state index in [0.717, 1.165) is 33.8 Å². The molecule has 2 aromatic rings. The van der Waals surface area contributed by atoms with Crippen molar-refractivity contribution < 1.29 is 9.47 Å². The fraction of sp³-hybridized carbons (Fsp3) is 0.333.